The van der Waals surface area contributed by atoms with E-state index in [1.165, 1.54) is 44.5 Å². The minimum atomic E-state index is 0.703. The second-order valence-electron chi connectivity index (χ2n) is 5.67. The third kappa shape index (κ3) is 4.80. The summed E-state index contributed by atoms with van der Waals surface area (Å²) in [5.74, 6) is 0.954. The van der Waals surface area contributed by atoms with Crippen LogP contribution in [-0.4, -0.2) is 44.2 Å². The van der Waals surface area contributed by atoms with E-state index >= 15 is 0 Å². The van der Waals surface area contributed by atoms with Crippen molar-refractivity contribution in [2.24, 2.45) is 0 Å². The highest BCUT2D eigenvalue weighted by Gasteiger charge is 2.17. The van der Waals surface area contributed by atoms with Gasteiger partial charge in [0.1, 0.15) is 5.75 Å². The van der Waals surface area contributed by atoms with Gasteiger partial charge in [-0.25, -0.2) is 0 Å². The quantitative estimate of drug-likeness (QED) is 0.828. The molecule has 0 amide bonds. The smallest absolute Gasteiger partial charge is 0.119 e. The van der Waals surface area contributed by atoms with Crippen LogP contribution in [0, 0.1) is 0 Å². The third-order valence-corrected chi connectivity index (χ3v) is 4.11. The van der Waals surface area contributed by atoms with Crippen molar-refractivity contribution in [2.45, 2.75) is 38.6 Å². The molecular formula is C17H28N2O. The van der Waals surface area contributed by atoms with Crippen molar-refractivity contribution in [1.82, 2.24) is 10.2 Å². The molecule has 1 N–H and O–H groups in total. The first-order valence-electron chi connectivity index (χ1n) is 7.90. The lowest BCUT2D eigenvalue weighted by Crippen LogP contribution is -2.43. The maximum Gasteiger partial charge on any atom is 0.119 e. The van der Waals surface area contributed by atoms with Crippen molar-refractivity contribution in [1.29, 1.82) is 0 Å². The van der Waals surface area contributed by atoms with Crippen LogP contribution >= 0.6 is 0 Å². The monoisotopic (exact) mass is 276 g/mol. The summed E-state index contributed by atoms with van der Waals surface area (Å²) in [6.07, 6.45) is 4.93. The van der Waals surface area contributed by atoms with Gasteiger partial charge < -0.3 is 15.0 Å². The van der Waals surface area contributed by atoms with Crippen LogP contribution in [0.15, 0.2) is 24.3 Å². The van der Waals surface area contributed by atoms with Gasteiger partial charge in [-0.1, -0.05) is 19.1 Å². The first kappa shape index (κ1) is 15.3. The third-order valence-electron chi connectivity index (χ3n) is 4.11. The lowest BCUT2D eigenvalue weighted by molar-refractivity contribution is 0.198. The molecule has 0 radical (unpaired) electrons. The van der Waals surface area contributed by atoms with Crippen molar-refractivity contribution < 1.29 is 4.74 Å². The molecule has 1 heterocycles. The van der Waals surface area contributed by atoms with Crippen molar-refractivity contribution in [3.8, 4) is 5.75 Å². The molecule has 0 bridgehead atoms. The number of ether oxygens (including phenoxy) is 1. The number of rotatable bonds is 7. The summed E-state index contributed by atoms with van der Waals surface area (Å²) >= 11 is 0. The van der Waals surface area contributed by atoms with Crippen molar-refractivity contribution in [3.05, 3.63) is 29.8 Å². The lowest BCUT2D eigenvalue weighted by Gasteiger charge is -2.32. The Hall–Kier alpha value is -1.06. The Morgan fingerprint density at radius 3 is 2.80 bits per heavy atom. The van der Waals surface area contributed by atoms with Gasteiger partial charge in [0.05, 0.1) is 7.11 Å². The number of likely N-dealkylation sites (tertiary alicyclic amines) is 1. The number of nitrogens with one attached hydrogen (secondary N) is 1. The molecule has 20 heavy (non-hydrogen) atoms. The summed E-state index contributed by atoms with van der Waals surface area (Å²) in [6.45, 7) is 7.09. The zero-order valence-electron chi connectivity index (χ0n) is 12.9. The molecule has 112 valence electrons. The lowest BCUT2D eigenvalue weighted by atomic mass is 10.0. The molecule has 3 heteroatoms. The molecule has 1 aliphatic heterocycles. The number of piperidine rings is 1. The molecule has 1 aromatic rings. The number of benzene rings is 1. The normalized spacial score (nSPS) is 17.3. The van der Waals surface area contributed by atoms with E-state index in [1.54, 1.807) is 7.11 Å². The van der Waals surface area contributed by atoms with Gasteiger partial charge in [-0.15, -0.1) is 0 Å². The van der Waals surface area contributed by atoms with E-state index in [9.17, 15) is 0 Å². The van der Waals surface area contributed by atoms with Crippen LogP contribution in [0.4, 0.5) is 0 Å². The fourth-order valence-electron chi connectivity index (χ4n) is 2.93. The van der Waals surface area contributed by atoms with E-state index in [-0.39, 0.29) is 0 Å². The van der Waals surface area contributed by atoms with Crippen molar-refractivity contribution in [2.75, 3.05) is 33.3 Å². The number of nitrogens with zero attached hydrogens (tertiary/aromatic N) is 1. The van der Waals surface area contributed by atoms with Gasteiger partial charge in [0, 0.05) is 6.04 Å². The molecule has 2 rings (SSSR count). The predicted octanol–water partition coefficient (Wildman–Crippen LogP) is 2.70. The van der Waals surface area contributed by atoms with E-state index in [4.69, 9.17) is 4.74 Å². The van der Waals surface area contributed by atoms with Gasteiger partial charge in [0.2, 0.25) is 0 Å². The molecule has 1 aliphatic rings. The first-order chi connectivity index (χ1) is 9.81. The Morgan fingerprint density at radius 1 is 1.30 bits per heavy atom. The molecular weight excluding hydrogens is 248 g/mol. The van der Waals surface area contributed by atoms with E-state index in [2.05, 4.69) is 35.3 Å². The Kier molecular flexibility index (Phi) is 6.34. The number of hydrogen-bond acceptors (Lipinski definition) is 3. The Bertz CT molecular complexity index is 386. The molecule has 0 spiro atoms. The maximum absolute atomic E-state index is 5.26. The summed E-state index contributed by atoms with van der Waals surface area (Å²) in [5.41, 5.74) is 1.35. The molecule has 0 saturated carbocycles. The molecule has 0 atom stereocenters. The average Bonchev–Trinajstić information content (AvgIpc) is 2.50. The van der Waals surface area contributed by atoms with Gasteiger partial charge in [-0.3, -0.25) is 0 Å². The molecule has 1 saturated heterocycles. The molecule has 3 nitrogen and oxygen atoms in total. The summed E-state index contributed by atoms with van der Waals surface area (Å²) in [5, 5.41) is 3.70. The SMILES string of the molecule is CCCN1CCC(NCCc2cccc(OC)c2)CC1. The summed E-state index contributed by atoms with van der Waals surface area (Å²) in [6, 6.07) is 9.07. The second kappa shape index (κ2) is 8.28. The van der Waals surface area contributed by atoms with Crippen LogP contribution in [0.25, 0.3) is 0 Å². The predicted molar refractivity (Wildman–Crippen MR) is 84.5 cm³/mol. The fourth-order valence-corrected chi connectivity index (χ4v) is 2.93. The Morgan fingerprint density at radius 2 is 2.10 bits per heavy atom. The van der Waals surface area contributed by atoms with Gasteiger partial charge in [0.25, 0.3) is 0 Å². The Labute approximate surface area is 123 Å². The topological polar surface area (TPSA) is 24.5 Å². The van der Waals surface area contributed by atoms with Gasteiger partial charge >= 0.3 is 0 Å². The summed E-state index contributed by atoms with van der Waals surface area (Å²) in [7, 11) is 1.72. The highest BCUT2D eigenvalue weighted by molar-refractivity contribution is 5.28. The maximum atomic E-state index is 5.26. The molecule has 0 unspecified atom stereocenters. The largest absolute Gasteiger partial charge is 0.497 e. The zero-order chi connectivity index (χ0) is 14.2. The zero-order valence-corrected chi connectivity index (χ0v) is 12.9. The van der Waals surface area contributed by atoms with Crippen LogP contribution in [0.5, 0.6) is 5.75 Å². The summed E-state index contributed by atoms with van der Waals surface area (Å²) in [4.78, 5) is 2.58. The molecule has 0 aromatic heterocycles. The molecule has 1 fully saturated rings. The second-order valence-corrected chi connectivity index (χ2v) is 5.67. The highest BCUT2D eigenvalue weighted by Crippen LogP contribution is 2.13. The van der Waals surface area contributed by atoms with Crippen molar-refractivity contribution >= 4 is 0 Å². The van der Waals surface area contributed by atoms with Crippen LogP contribution in [0.1, 0.15) is 31.7 Å². The van der Waals surface area contributed by atoms with E-state index in [0.717, 1.165) is 18.7 Å². The van der Waals surface area contributed by atoms with E-state index in [0.29, 0.717) is 6.04 Å². The standard InChI is InChI=1S/C17H28N2O/c1-3-11-19-12-8-16(9-13-19)18-10-7-15-5-4-6-17(14-15)20-2/h4-6,14,16,18H,3,7-13H2,1-2H3. The van der Waals surface area contributed by atoms with Gasteiger partial charge in [-0.05, 0) is 69.6 Å². The van der Waals surface area contributed by atoms with Crippen LogP contribution in [0.2, 0.25) is 0 Å². The van der Waals surface area contributed by atoms with Gasteiger partial charge in [-0.2, -0.15) is 0 Å². The highest BCUT2D eigenvalue weighted by atomic mass is 16.5. The van der Waals surface area contributed by atoms with Crippen LogP contribution in [-0.2, 0) is 6.42 Å². The van der Waals surface area contributed by atoms with Gasteiger partial charge in [0.15, 0.2) is 0 Å². The Balaban J connectivity index is 1.66. The van der Waals surface area contributed by atoms with Crippen LogP contribution < -0.4 is 10.1 Å². The fraction of sp³-hybridized carbons (Fsp3) is 0.647. The minimum absolute atomic E-state index is 0.703. The number of methoxy groups -OCH3 is 1. The van der Waals surface area contributed by atoms with E-state index in [1.807, 2.05) is 6.07 Å². The first-order valence-corrected chi connectivity index (χ1v) is 7.90. The average molecular weight is 276 g/mol. The van der Waals surface area contributed by atoms with Crippen molar-refractivity contribution in [3.63, 3.8) is 0 Å². The summed E-state index contributed by atoms with van der Waals surface area (Å²) < 4.78 is 5.26. The molecule has 1 aromatic carbocycles. The minimum Gasteiger partial charge on any atom is -0.497 e. The van der Waals surface area contributed by atoms with E-state index < -0.39 is 0 Å². The van der Waals surface area contributed by atoms with Crippen LogP contribution in [0.3, 0.4) is 0 Å². The molecule has 0 aliphatic carbocycles. The number of hydrogen-bond donors (Lipinski definition) is 1.